The number of hydrogen-bond donors (Lipinski definition) is 1. The summed E-state index contributed by atoms with van der Waals surface area (Å²) in [4.78, 5) is 26.6. The smallest absolute Gasteiger partial charge is 0.306 e. The molecule has 5 nitrogen and oxygen atoms in total. The van der Waals surface area contributed by atoms with Crippen LogP contribution in [0.1, 0.15) is 24.5 Å². The summed E-state index contributed by atoms with van der Waals surface area (Å²) in [5.41, 5.74) is 2.16. The first-order valence-corrected chi connectivity index (χ1v) is 12.2. The molecule has 1 amide bonds. The van der Waals surface area contributed by atoms with Gasteiger partial charge in [0.2, 0.25) is 5.91 Å². The Bertz CT molecular complexity index is 816. The number of carbonyl (C=O) groups excluding carboxylic acids is 2. The van der Waals surface area contributed by atoms with E-state index in [0.29, 0.717) is 19.5 Å². The van der Waals surface area contributed by atoms with Crippen LogP contribution in [0.25, 0.3) is 0 Å². The van der Waals surface area contributed by atoms with Crippen LogP contribution in [-0.2, 0) is 27.3 Å². The molecule has 0 aliphatic carbocycles. The molecule has 0 aliphatic heterocycles. The fraction of sp³-hybridized carbons (Fsp3) is 0.391. The Balaban J connectivity index is 1.98. The first-order valence-electron chi connectivity index (χ1n) is 9.61. The third-order valence-corrected chi connectivity index (χ3v) is 7.80. The van der Waals surface area contributed by atoms with Gasteiger partial charge in [0, 0.05) is 20.0 Å². The first kappa shape index (κ1) is 22.8. The van der Waals surface area contributed by atoms with Gasteiger partial charge in [-0.1, -0.05) is 24.3 Å². The maximum Gasteiger partial charge on any atom is 0.306 e. The fourth-order valence-electron chi connectivity index (χ4n) is 3.02. The van der Waals surface area contributed by atoms with Gasteiger partial charge in [-0.05, 0) is 65.0 Å². The van der Waals surface area contributed by atoms with Crippen LogP contribution in [0.3, 0.4) is 0 Å². The molecule has 0 spiro atoms. The maximum absolute atomic E-state index is 12.1. The SMILES string of the molecule is COC(=O)CCS(C)(C)c1ccc(CN(CCc2ccc(O)cc2)C(C)=O)cc1. The quantitative estimate of drug-likeness (QED) is 0.627. The molecule has 2 aromatic rings. The standard InChI is InChI=1S/C23H31NO4S/c1-18(25)24(15-13-19-5-9-21(26)10-6-19)17-20-7-11-22(12-8-20)29(3,4)16-14-23(27)28-2/h5-12,26H,13-17H2,1-4H3. The summed E-state index contributed by atoms with van der Waals surface area (Å²) in [7, 11) is 0.340. The van der Waals surface area contributed by atoms with Gasteiger partial charge >= 0.3 is 5.97 Å². The zero-order valence-electron chi connectivity index (χ0n) is 17.7. The van der Waals surface area contributed by atoms with Crippen LogP contribution in [0.4, 0.5) is 0 Å². The second-order valence-electron chi connectivity index (χ2n) is 7.57. The number of esters is 1. The first-order chi connectivity index (χ1) is 13.7. The molecule has 0 heterocycles. The second-order valence-corrected chi connectivity index (χ2v) is 11.5. The van der Waals surface area contributed by atoms with Gasteiger partial charge < -0.3 is 14.7 Å². The average molecular weight is 418 g/mol. The monoisotopic (exact) mass is 417 g/mol. The molecule has 6 heteroatoms. The van der Waals surface area contributed by atoms with E-state index in [1.807, 2.05) is 17.0 Å². The molecular formula is C23H31NO4S. The van der Waals surface area contributed by atoms with Crippen molar-refractivity contribution >= 4 is 21.9 Å². The number of aromatic hydroxyl groups is 1. The van der Waals surface area contributed by atoms with Crippen molar-refractivity contribution in [3.8, 4) is 5.75 Å². The number of amides is 1. The lowest BCUT2D eigenvalue weighted by atomic mass is 10.1. The predicted octanol–water partition coefficient (Wildman–Crippen LogP) is 3.97. The summed E-state index contributed by atoms with van der Waals surface area (Å²) in [5, 5.41) is 9.38. The van der Waals surface area contributed by atoms with Gasteiger partial charge in [0.1, 0.15) is 5.75 Å². The molecule has 2 rings (SSSR count). The third-order valence-electron chi connectivity index (χ3n) is 5.03. The molecule has 0 bridgehead atoms. The van der Waals surface area contributed by atoms with Gasteiger partial charge in [-0.25, -0.2) is 10.0 Å². The van der Waals surface area contributed by atoms with E-state index in [-0.39, 0.29) is 17.6 Å². The van der Waals surface area contributed by atoms with E-state index in [1.54, 1.807) is 19.1 Å². The van der Waals surface area contributed by atoms with E-state index in [0.717, 1.165) is 23.3 Å². The van der Waals surface area contributed by atoms with Crippen molar-refractivity contribution in [2.75, 3.05) is 31.9 Å². The predicted molar refractivity (Wildman–Crippen MR) is 119 cm³/mol. The topological polar surface area (TPSA) is 66.8 Å². The fourth-order valence-corrected chi connectivity index (χ4v) is 4.80. The summed E-state index contributed by atoms with van der Waals surface area (Å²) in [6.45, 7) is 2.77. The van der Waals surface area contributed by atoms with Crippen LogP contribution >= 0.6 is 10.0 Å². The Labute approximate surface area is 175 Å². The summed E-state index contributed by atoms with van der Waals surface area (Å²) in [6, 6.07) is 15.4. The number of phenolic OH excluding ortho intramolecular Hbond substituents is 1. The van der Waals surface area contributed by atoms with Crippen molar-refractivity contribution in [1.29, 1.82) is 0 Å². The lowest BCUT2D eigenvalue weighted by molar-refractivity contribution is -0.140. The number of phenols is 1. The zero-order valence-corrected chi connectivity index (χ0v) is 18.5. The molecule has 1 N–H and O–H groups in total. The van der Waals surface area contributed by atoms with Crippen LogP contribution in [0.5, 0.6) is 5.75 Å². The molecule has 0 aliphatic rings. The van der Waals surface area contributed by atoms with Crippen molar-refractivity contribution in [3.63, 3.8) is 0 Å². The summed E-state index contributed by atoms with van der Waals surface area (Å²) in [5.74, 6) is 0.907. The number of methoxy groups -OCH3 is 1. The number of carbonyl (C=O) groups is 2. The van der Waals surface area contributed by atoms with Crippen LogP contribution in [0.2, 0.25) is 0 Å². The Morgan fingerprint density at radius 1 is 1.00 bits per heavy atom. The Morgan fingerprint density at radius 3 is 2.14 bits per heavy atom. The molecule has 0 aromatic heterocycles. The molecule has 2 aromatic carbocycles. The lowest BCUT2D eigenvalue weighted by Gasteiger charge is -2.31. The average Bonchev–Trinajstić information content (AvgIpc) is 2.70. The molecular weight excluding hydrogens is 386 g/mol. The number of nitrogens with zero attached hydrogens (tertiary/aromatic N) is 1. The Morgan fingerprint density at radius 2 is 1.59 bits per heavy atom. The molecule has 29 heavy (non-hydrogen) atoms. The molecule has 0 fully saturated rings. The minimum Gasteiger partial charge on any atom is -0.508 e. The van der Waals surface area contributed by atoms with Crippen molar-refractivity contribution < 1.29 is 19.4 Å². The lowest BCUT2D eigenvalue weighted by Crippen LogP contribution is -2.30. The number of hydrogen-bond acceptors (Lipinski definition) is 4. The number of rotatable bonds is 9. The van der Waals surface area contributed by atoms with Gasteiger partial charge in [-0.2, -0.15) is 0 Å². The normalized spacial score (nSPS) is 11.7. The molecule has 0 saturated heterocycles. The second kappa shape index (κ2) is 10.3. The molecule has 0 unspecified atom stereocenters. The zero-order chi connectivity index (χ0) is 21.4. The van der Waals surface area contributed by atoms with E-state index < -0.39 is 10.0 Å². The van der Waals surface area contributed by atoms with Crippen molar-refractivity contribution in [2.45, 2.75) is 31.2 Å². The molecule has 158 valence electrons. The largest absolute Gasteiger partial charge is 0.508 e. The van der Waals surface area contributed by atoms with E-state index in [1.165, 1.54) is 12.0 Å². The van der Waals surface area contributed by atoms with Crippen molar-refractivity contribution in [2.24, 2.45) is 0 Å². The van der Waals surface area contributed by atoms with Crippen LogP contribution in [0, 0.1) is 0 Å². The molecule has 0 atom stereocenters. The summed E-state index contributed by atoms with van der Waals surface area (Å²) >= 11 is 0. The highest BCUT2D eigenvalue weighted by molar-refractivity contribution is 8.32. The third kappa shape index (κ3) is 7.13. The number of ether oxygens (including phenoxy) is 1. The van der Waals surface area contributed by atoms with Gasteiger partial charge in [-0.3, -0.25) is 9.59 Å². The van der Waals surface area contributed by atoms with Crippen LogP contribution in [0.15, 0.2) is 53.4 Å². The highest BCUT2D eigenvalue weighted by Crippen LogP contribution is 2.49. The van der Waals surface area contributed by atoms with Gasteiger partial charge in [0.25, 0.3) is 0 Å². The highest BCUT2D eigenvalue weighted by Gasteiger charge is 2.17. The molecule has 0 saturated carbocycles. The van der Waals surface area contributed by atoms with Gasteiger partial charge in [-0.15, -0.1) is 0 Å². The van der Waals surface area contributed by atoms with E-state index in [2.05, 4.69) is 36.8 Å². The van der Waals surface area contributed by atoms with Crippen molar-refractivity contribution in [3.05, 3.63) is 59.7 Å². The maximum atomic E-state index is 12.1. The minimum atomic E-state index is -1.08. The summed E-state index contributed by atoms with van der Waals surface area (Å²) < 4.78 is 4.75. The van der Waals surface area contributed by atoms with Crippen LogP contribution < -0.4 is 0 Å². The highest BCUT2D eigenvalue weighted by atomic mass is 32.3. The van der Waals surface area contributed by atoms with Gasteiger partial charge in [0.15, 0.2) is 0 Å². The Kier molecular flexibility index (Phi) is 8.14. The van der Waals surface area contributed by atoms with Crippen molar-refractivity contribution in [1.82, 2.24) is 4.90 Å². The molecule has 0 radical (unpaired) electrons. The van der Waals surface area contributed by atoms with Gasteiger partial charge in [0.05, 0.1) is 13.5 Å². The van der Waals surface area contributed by atoms with E-state index >= 15 is 0 Å². The Hall–Kier alpha value is -2.47. The number of benzene rings is 2. The van der Waals surface area contributed by atoms with E-state index in [4.69, 9.17) is 4.74 Å². The summed E-state index contributed by atoms with van der Waals surface area (Å²) in [6.07, 6.45) is 5.56. The van der Waals surface area contributed by atoms with Crippen LogP contribution in [-0.4, -0.2) is 53.8 Å². The minimum absolute atomic E-state index is 0.0388. The van der Waals surface area contributed by atoms with E-state index in [9.17, 15) is 14.7 Å².